The Bertz CT molecular complexity index is 1330. The fourth-order valence-corrected chi connectivity index (χ4v) is 4.63. The summed E-state index contributed by atoms with van der Waals surface area (Å²) in [6, 6.07) is 19.5. The van der Waals surface area contributed by atoms with Gasteiger partial charge in [0.2, 0.25) is 0 Å². The van der Waals surface area contributed by atoms with Gasteiger partial charge in [0, 0.05) is 6.07 Å². The van der Waals surface area contributed by atoms with Gasteiger partial charge in [0.15, 0.2) is 11.5 Å². The molecule has 0 bridgehead atoms. The second kappa shape index (κ2) is 12.4. The molecular formula is C26H27N3O6S. The van der Waals surface area contributed by atoms with Crippen molar-refractivity contribution in [3.8, 4) is 17.2 Å². The first-order valence-electron chi connectivity index (χ1n) is 10.8. The van der Waals surface area contributed by atoms with E-state index in [1.165, 1.54) is 44.7 Å². The molecule has 1 N–H and O–H groups in total. The molecule has 1 amide bonds. The molecule has 0 aliphatic carbocycles. The number of ether oxygens (including phenoxy) is 3. The Morgan fingerprint density at radius 2 is 1.75 bits per heavy atom. The minimum atomic E-state index is -4.09. The Balaban J connectivity index is 1.84. The molecule has 0 aromatic heterocycles. The summed E-state index contributed by atoms with van der Waals surface area (Å²) in [7, 11) is -1.17. The van der Waals surface area contributed by atoms with E-state index < -0.39 is 22.5 Å². The van der Waals surface area contributed by atoms with Gasteiger partial charge in [-0.2, -0.15) is 5.10 Å². The number of hydrogen-bond donors (Lipinski definition) is 1. The van der Waals surface area contributed by atoms with Gasteiger partial charge >= 0.3 is 0 Å². The van der Waals surface area contributed by atoms with Gasteiger partial charge in [-0.1, -0.05) is 43.0 Å². The number of hydrazone groups is 1. The van der Waals surface area contributed by atoms with Crippen molar-refractivity contribution >= 4 is 27.8 Å². The summed E-state index contributed by atoms with van der Waals surface area (Å²) in [6.45, 7) is 3.45. The van der Waals surface area contributed by atoms with Gasteiger partial charge in [-0.25, -0.2) is 13.8 Å². The van der Waals surface area contributed by atoms with Crippen molar-refractivity contribution in [2.24, 2.45) is 5.10 Å². The largest absolute Gasteiger partial charge is 0.493 e. The van der Waals surface area contributed by atoms with Gasteiger partial charge in [0.05, 0.1) is 31.0 Å². The standard InChI is InChI=1S/C26H27N3O6S/c1-4-15-35-22-10-8-9-20(16-22)18-27-28-26(30)19-29(36(31,32)23-11-6-5-7-12-23)21-13-14-24(33-2)25(17-21)34-3/h4-14,16-18H,1,15,19H2,2-3H3,(H,28,30)/b27-18-. The molecule has 3 aromatic rings. The number of sulfonamides is 1. The van der Waals surface area contributed by atoms with Crippen LogP contribution in [0.4, 0.5) is 5.69 Å². The van der Waals surface area contributed by atoms with Crippen LogP contribution >= 0.6 is 0 Å². The number of anilines is 1. The highest BCUT2D eigenvalue weighted by atomic mass is 32.2. The zero-order valence-electron chi connectivity index (χ0n) is 20.0. The van der Waals surface area contributed by atoms with E-state index in [-0.39, 0.29) is 10.6 Å². The number of amides is 1. The van der Waals surface area contributed by atoms with E-state index in [0.717, 1.165) is 4.31 Å². The first kappa shape index (κ1) is 26.3. The van der Waals surface area contributed by atoms with Crippen molar-refractivity contribution in [3.05, 3.63) is 91.0 Å². The molecular weight excluding hydrogens is 482 g/mol. The monoisotopic (exact) mass is 509 g/mol. The number of rotatable bonds is 12. The second-order valence-corrected chi connectivity index (χ2v) is 9.19. The smallest absolute Gasteiger partial charge is 0.264 e. The molecule has 0 saturated carbocycles. The molecule has 0 aliphatic heterocycles. The van der Waals surface area contributed by atoms with Crippen LogP contribution in [0.2, 0.25) is 0 Å². The molecule has 36 heavy (non-hydrogen) atoms. The van der Waals surface area contributed by atoms with Crippen molar-refractivity contribution in [2.45, 2.75) is 4.90 Å². The van der Waals surface area contributed by atoms with Crippen molar-refractivity contribution in [1.29, 1.82) is 0 Å². The Kier molecular flexibility index (Phi) is 9.07. The van der Waals surface area contributed by atoms with Crippen LogP contribution in [0.3, 0.4) is 0 Å². The van der Waals surface area contributed by atoms with E-state index >= 15 is 0 Å². The maximum absolute atomic E-state index is 13.5. The van der Waals surface area contributed by atoms with Crippen molar-refractivity contribution in [2.75, 3.05) is 31.7 Å². The SMILES string of the molecule is C=CCOc1cccc(/C=N\NC(=O)CN(c2ccc(OC)c(OC)c2)S(=O)(=O)c2ccccc2)c1. The average Bonchev–Trinajstić information content (AvgIpc) is 2.90. The fraction of sp³-hybridized carbons (Fsp3) is 0.154. The lowest BCUT2D eigenvalue weighted by Gasteiger charge is -2.24. The Labute approximate surface area is 210 Å². The van der Waals surface area contributed by atoms with E-state index in [1.54, 1.807) is 54.6 Å². The topological polar surface area (TPSA) is 107 Å². The lowest BCUT2D eigenvalue weighted by atomic mass is 10.2. The van der Waals surface area contributed by atoms with Crippen LogP contribution in [0.1, 0.15) is 5.56 Å². The molecule has 0 spiro atoms. The minimum absolute atomic E-state index is 0.0347. The molecule has 188 valence electrons. The molecule has 0 radical (unpaired) electrons. The predicted octanol–water partition coefficient (Wildman–Crippen LogP) is 3.61. The predicted molar refractivity (Wildman–Crippen MR) is 138 cm³/mol. The average molecular weight is 510 g/mol. The highest BCUT2D eigenvalue weighted by Gasteiger charge is 2.28. The quantitative estimate of drug-likeness (QED) is 0.227. The number of carbonyl (C=O) groups is 1. The first-order chi connectivity index (χ1) is 17.4. The Morgan fingerprint density at radius 1 is 1.00 bits per heavy atom. The molecule has 3 aromatic carbocycles. The number of carbonyl (C=O) groups excluding carboxylic acids is 1. The third-order valence-corrected chi connectivity index (χ3v) is 6.69. The maximum atomic E-state index is 13.5. The number of nitrogens with zero attached hydrogens (tertiary/aromatic N) is 2. The summed E-state index contributed by atoms with van der Waals surface area (Å²) in [5, 5.41) is 3.96. The molecule has 10 heteroatoms. The minimum Gasteiger partial charge on any atom is -0.493 e. The first-order valence-corrected chi connectivity index (χ1v) is 12.3. The van der Waals surface area contributed by atoms with Gasteiger partial charge in [0.1, 0.15) is 18.9 Å². The second-order valence-electron chi connectivity index (χ2n) is 7.33. The van der Waals surface area contributed by atoms with Crippen LogP contribution in [0, 0.1) is 0 Å². The summed E-state index contributed by atoms with van der Waals surface area (Å²) < 4.78 is 43.9. The normalized spacial score (nSPS) is 11.1. The van der Waals surface area contributed by atoms with Crippen molar-refractivity contribution in [1.82, 2.24) is 5.43 Å². The fourth-order valence-electron chi connectivity index (χ4n) is 3.20. The van der Waals surface area contributed by atoms with Gasteiger partial charge in [0.25, 0.3) is 15.9 Å². The van der Waals surface area contributed by atoms with Crippen molar-refractivity contribution < 1.29 is 27.4 Å². The molecule has 0 fully saturated rings. The Morgan fingerprint density at radius 3 is 2.44 bits per heavy atom. The molecule has 0 saturated heterocycles. The highest BCUT2D eigenvalue weighted by Crippen LogP contribution is 2.33. The maximum Gasteiger partial charge on any atom is 0.264 e. The van der Waals surface area contributed by atoms with E-state index in [2.05, 4.69) is 17.1 Å². The van der Waals surface area contributed by atoms with Gasteiger partial charge in [-0.05, 0) is 42.0 Å². The Hall–Kier alpha value is -4.31. The van der Waals surface area contributed by atoms with Crippen LogP contribution < -0.4 is 23.9 Å². The van der Waals surface area contributed by atoms with Gasteiger partial charge in [-0.15, -0.1) is 0 Å². The molecule has 0 unspecified atom stereocenters. The summed E-state index contributed by atoms with van der Waals surface area (Å²) in [6.07, 6.45) is 3.07. The molecule has 0 heterocycles. The lowest BCUT2D eigenvalue weighted by Crippen LogP contribution is -2.39. The van der Waals surface area contributed by atoms with Gasteiger partial charge in [-0.3, -0.25) is 9.10 Å². The van der Waals surface area contributed by atoms with Crippen LogP contribution in [-0.2, 0) is 14.8 Å². The molecule has 9 nitrogen and oxygen atoms in total. The van der Waals surface area contributed by atoms with Crippen LogP contribution in [0.25, 0.3) is 0 Å². The highest BCUT2D eigenvalue weighted by molar-refractivity contribution is 7.92. The molecule has 3 rings (SSSR count). The number of benzene rings is 3. The van der Waals surface area contributed by atoms with Crippen LogP contribution in [0.15, 0.2) is 95.4 Å². The molecule has 0 atom stereocenters. The van der Waals surface area contributed by atoms with Gasteiger partial charge < -0.3 is 14.2 Å². The third kappa shape index (κ3) is 6.63. The zero-order chi connectivity index (χ0) is 26.0. The van der Waals surface area contributed by atoms with E-state index in [1.807, 2.05) is 0 Å². The van der Waals surface area contributed by atoms with E-state index in [0.29, 0.717) is 29.4 Å². The number of nitrogens with one attached hydrogen (secondary N) is 1. The summed E-state index contributed by atoms with van der Waals surface area (Å²) >= 11 is 0. The van der Waals surface area contributed by atoms with Crippen molar-refractivity contribution in [3.63, 3.8) is 0 Å². The third-order valence-electron chi connectivity index (χ3n) is 4.90. The summed E-state index contributed by atoms with van der Waals surface area (Å²) in [4.78, 5) is 12.8. The lowest BCUT2D eigenvalue weighted by molar-refractivity contribution is -0.119. The zero-order valence-corrected chi connectivity index (χ0v) is 20.8. The van der Waals surface area contributed by atoms with Crippen LogP contribution in [0.5, 0.6) is 17.2 Å². The summed E-state index contributed by atoms with van der Waals surface area (Å²) in [5.74, 6) is 0.727. The van der Waals surface area contributed by atoms with Crippen LogP contribution in [-0.4, -0.2) is 47.9 Å². The number of hydrogen-bond acceptors (Lipinski definition) is 7. The molecule has 0 aliphatic rings. The number of methoxy groups -OCH3 is 2. The van der Waals surface area contributed by atoms with E-state index in [4.69, 9.17) is 14.2 Å². The summed E-state index contributed by atoms with van der Waals surface area (Å²) in [5.41, 5.74) is 3.29. The van der Waals surface area contributed by atoms with E-state index in [9.17, 15) is 13.2 Å².